The number of hydrogen-bond donors (Lipinski definition) is 0. The van der Waals surface area contributed by atoms with Gasteiger partial charge in [0.15, 0.2) is 0 Å². The average molecular weight is 246 g/mol. The number of nitrogens with zero attached hydrogens (tertiary/aromatic N) is 2. The molecule has 0 radical (unpaired) electrons. The van der Waals surface area contributed by atoms with E-state index in [1.165, 1.54) is 6.20 Å². The molecule has 0 saturated heterocycles. The minimum Gasteiger partial charge on any atom is -0.497 e. The summed E-state index contributed by atoms with van der Waals surface area (Å²) >= 11 is 0. The summed E-state index contributed by atoms with van der Waals surface area (Å²) in [6.07, 6.45) is 3.12. The van der Waals surface area contributed by atoms with E-state index in [-0.39, 0.29) is 5.78 Å². The second kappa shape index (κ2) is 4.91. The number of methoxy groups -OCH3 is 2. The van der Waals surface area contributed by atoms with Crippen molar-refractivity contribution in [2.45, 2.75) is 0 Å². The Kier molecular flexibility index (Phi) is 3.32. The third-order valence-electron chi connectivity index (χ3n) is 2.66. The van der Waals surface area contributed by atoms with E-state index in [4.69, 9.17) is 9.47 Å². The van der Waals surface area contributed by atoms with Gasteiger partial charge in [0.05, 0.1) is 26.7 Å². The van der Waals surface area contributed by atoms with Gasteiger partial charge in [0, 0.05) is 18.7 Å². The van der Waals surface area contributed by atoms with Crippen molar-refractivity contribution in [1.82, 2.24) is 9.55 Å². The fourth-order valence-corrected chi connectivity index (χ4v) is 1.66. The van der Waals surface area contributed by atoms with Crippen LogP contribution in [0.15, 0.2) is 30.7 Å². The Bertz CT molecular complexity index is 553. The Hall–Kier alpha value is -2.30. The maximum Gasteiger partial charge on any atom is 0.211 e. The minimum absolute atomic E-state index is 0.118. The highest BCUT2D eigenvalue weighted by Crippen LogP contribution is 2.24. The maximum atomic E-state index is 12.3. The van der Waals surface area contributed by atoms with E-state index in [1.54, 1.807) is 50.4 Å². The molecule has 1 heterocycles. The first-order valence-corrected chi connectivity index (χ1v) is 5.40. The average Bonchev–Trinajstić information content (AvgIpc) is 2.83. The molecule has 0 fully saturated rings. The second-order valence-electron chi connectivity index (χ2n) is 3.82. The van der Waals surface area contributed by atoms with Crippen molar-refractivity contribution in [3.8, 4) is 11.5 Å². The highest BCUT2D eigenvalue weighted by Gasteiger charge is 2.14. The Labute approximate surface area is 105 Å². The maximum absolute atomic E-state index is 12.3. The number of aromatic nitrogens is 2. The summed E-state index contributed by atoms with van der Waals surface area (Å²) in [5, 5.41) is 0. The van der Waals surface area contributed by atoms with Crippen molar-refractivity contribution in [1.29, 1.82) is 0 Å². The third-order valence-corrected chi connectivity index (χ3v) is 2.66. The van der Waals surface area contributed by atoms with Crippen molar-refractivity contribution in [2.24, 2.45) is 7.05 Å². The lowest BCUT2D eigenvalue weighted by atomic mass is 10.1. The van der Waals surface area contributed by atoms with Crippen LogP contribution < -0.4 is 9.47 Å². The minimum atomic E-state index is -0.118. The number of aryl methyl sites for hydroxylation is 1. The summed E-state index contributed by atoms with van der Waals surface area (Å²) in [4.78, 5) is 16.2. The fraction of sp³-hybridized carbons (Fsp3) is 0.231. The number of benzene rings is 1. The molecule has 0 amide bonds. The monoisotopic (exact) mass is 246 g/mol. The molecule has 0 aliphatic heterocycles. The molecule has 1 aromatic heterocycles. The molecule has 18 heavy (non-hydrogen) atoms. The van der Waals surface area contributed by atoms with Gasteiger partial charge in [-0.25, -0.2) is 4.98 Å². The molecule has 0 aliphatic carbocycles. The van der Waals surface area contributed by atoms with Crippen LogP contribution in [-0.4, -0.2) is 29.6 Å². The van der Waals surface area contributed by atoms with Crippen molar-refractivity contribution in [2.75, 3.05) is 14.2 Å². The SMILES string of the molecule is COc1cc(OC)cc(C(=O)c2cncn2C)c1. The number of carbonyl (C=O) groups excluding carboxylic acids is 1. The molecule has 2 rings (SSSR count). The van der Waals surface area contributed by atoms with Gasteiger partial charge in [-0.2, -0.15) is 0 Å². The number of rotatable bonds is 4. The first-order valence-electron chi connectivity index (χ1n) is 5.40. The van der Waals surface area contributed by atoms with Crippen LogP contribution in [0.3, 0.4) is 0 Å². The van der Waals surface area contributed by atoms with E-state index < -0.39 is 0 Å². The van der Waals surface area contributed by atoms with Crippen molar-refractivity contribution >= 4 is 5.78 Å². The van der Waals surface area contributed by atoms with Crippen LogP contribution in [0.4, 0.5) is 0 Å². The van der Waals surface area contributed by atoms with E-state index in [2.05, 4.69) is 4.98 Å². The molecule has 0 N–H and O–H groups in total. The van der Waals surface area contributed by atoms with E-state index in [0.717, 1.165) is 0 Å². The Morgan fingerprint density at radius 2 is 1.78 bits per heavy atom. The molecule has 0 spiro atoms. The van der Waals surface area contributed by atoms with E-state index in [0.29, 0.717) is 22.8 Å². The number of ether oxygens (including phenoxy) is 2. The smallest absolute Gasteiger partial charge is 0.211 e. The summed E-state index contributed by atoms with van der Waals surface area (Å²) in [7, 11) is 4.87. The van der Waals surface area contributed by atoms with E-state index in [9.17, 15) is 4.79 Å². The first kappa shape index (κ1) is 12.2. The third kappa shape index (κ3) is 2.20. The molecule has 0 unspecified atom stereocenters. The van der Waals surface area contributed by atoms with E-state index >= 15 is 0 Å². The molecular weight excluding hydrogens is 232 g/mol. The number of ketones is 1. The van der Waals surface area contributed by atoms with Crippen molar-refractivity contribution in [3.05, 3.63) is 42.0 Å². The molecular formula is C13H14N2O3. The summed E-state index contributed by atoms with van der Waals surface area (Å²) < 4.78 is 12.0. The van der Waals surface area contributed by atoms with Crippen LogP contribution in [0.1, 0.15) is 16.1 Å². The first-order chi connectivity index (χ1) is 8.65. The molecule has 2 aromatic rings. The zero-order valence-electron chi connectivity index (χ0n) is 10.5. The predicted octanol–water partition coefficient (Wildman–Crippen LogP) is 1.67. The van der Waals surface area contributed by atoms with Gasteiger partial charge in [0.1, 0.15) is 17.2 Å². The standard InChI is InChI=1S/C13H14N2O3/c1-15-8-14-7-12(15)13(16)9-4-10(17-2)6-11(5-9)18-3/h4-8H,1-3H3. The topological polar surface area (TPSA) is 53.4 Å². The molecule has 1 aromatic carbocycles. The van der Waals surface area contributed by atoms with Crippen LogP contribution in [-0.2, 0) is 7.05 Å². The van der Waals surface area contributed by atoms with Crippen LogP contribution in [0, 0.1) is 0 Å². The zero-order chi connectivity index (χ0) is 13.1. The lowest BCUT2D eigenvalue weighted by Gasteiger charge is -2.08. The molecule has 0 atom stereocenters. The van der Waals surface area contributed by atoms with Crippen LogP contribution in [0.25, 0.3) is 0 Å². The van der Waals surface area contributed by atoms with E-state index in [1.807, 2.05) is 0 Å². The van der Waals surface area contributed by atoms with Crippen molar-refractivity contribution < 1.29 is 14.3 Å². The van der Waals surface area contributed by atoms with Gasteiger partial charge in [-0.05, 0) is 12.1 Å². The van der Waals surface area contributed by atoms with Gasteiger partial charge in [-0.3, -0.25) is 4.79 Å². The normalized spacial score (nSPS) is 10.2. The summed E-state index contributed by atoms with van der Waals surface area (Å²) in [6.45, 7) is 0. The molecule has 0 bridgehead atoms. The van der Waals surface area contributed by atoms with Gasteiger partial charge >= 0.3 is 0 Å². The molecule has 0 saturated carbocycles. The van der Waals surface area contributed by atoms with Crippen molar-refractivity contribution in [3.63, 3.8) is 0 Å². The Balaban J connectivity index is 2.44. The van der Waals surface area contributed by atoms with Gasteiger partial charge in [0.25, 0.3) is 0 Å². The molecule has 0 aliphatic rings. The summed E-state index contributed by atoms with van der Waals surface area (Å²) in [5.41, 5.74) is 1.03. The summed E-state index contributed by atoms with van der Waals surface area (Å²) in [6, 6.07) is 5.08. The van der Waals surface area contributed by atoms with Gasteiger partial charge < -0.3 is 14.0 Å². The molecule has 94 valence electrons. The molecule has 5 nitrogen and oxygen atoms in total. The Morgan fingerprint density at radius 3 is 2.22 bits per heavy atom. The fourth-order valence-electron chi connectivity index (χ4n) is 1.66. The van der Waals surface area contributed by atoms with Crippen LogP contribution in [0.5, 0.6) is 11.5 Å². The van der Waals surface area contributed by atoms with Crippen LogP contribution in [0.2, 0.25) is 0 Å². The number of hydrogen-bond acceptors (Lipinski definition) is 4. The summed E-state index contributed by atoms with van der Waals surface area (Å²) in [5.74, 6) is 1.05. The largest absolute Gasteiger partial charge is 0.497 e. The molecule has 5 heteroatoms. The lowest BCUT2D eigenvalue weighted by molar-refractivity contribution is 0.103. The second-order valence-corrected chi connectivity index (χ2v) is 3.82. The van der Waals surface area contributed by atoms with Crippen LogP contribution >= 0.6 is 0 Å². The van der Waals surface area contributed by atoms with Gasteiger partial charge in [-0.15, -0.1) is 0 Å². The lowest BCUT2D eigenvalue weighted by Crippen LogP contribution is -2.07. The van der Waals surface area contributed by atoms with Gasteiger partial charge in [0.2, 0.25) is 5.78 Å². The van der Waals surface area contributed by atoms with Gasteiger partial charge in [-0.1, -0.05) is 0 Å². The number of carbonyl (C=O) groups is 1. The Morgan fingerprint density at radius 1 is 1.17 bits per heavy atom. The highest BCUT2D eigenvalue weighted by molar-refractivity contribution is 6.08. The highest BCUT2D eigenvalue weighted by atomic mass is 16.5. The quantitative estimate of drug-likeness (QED) is 0.770. The zero-order valence-corrected chi connectivity index (χ0v) is 10.5. The predicted molar refractivity (Wildman–Crippen MR) is 66.2 cm³/mol. The number of imidazole rings is 1.